The molecule has 0 aromatic carbocycles. The fraction of sp³-hybridized carbons (Fsp3) is 0.667. The molecular weight excluding hydrogens is 320 g/mol. The first-order chi connectivity index (χ1) is 12.0. The third-order valence-corrected chi connectivity index (χ3v) is 4.80. The van der Waals surface area contributed by atoms with Gasteiger partial charge in [-0.3, -0.25) is 14.6 Å². The normalized spacial score (nSPS) is 21.0. The van der Waals surface area contributed by atoms with Crippen LogP contribution in [0.4, 0.5) is 4.79 Å². The molecule has 3 rings (SSSR count). The molecule has 0 unspecified atom stereocenters. The smallest absolute Gasteiger partial charge is 0.325 e. The maximum absolute atomic E-state index is 12.1. The molecule has 2 N–H and O–H groups in total. The van der Waals surface area contributed by atoms with Crippen LogP contribution in [-0.4, -0.2) is 53.5 Å². The molecule has 2 fully saturated rings. The van der Waals surface area contributed by atoms with E-state index in [4.69, 9.17) is 4.42 Å². The maximum atomic E-state index is 12.1. The number of urea groups is 1. The van der Waals surface area contributed by atoms with Gasteiger partial charge in [0.15, 0.2) is 0 Å². The second-order valence-electron chi connectivity index (χ2n) is 7.39. The number of furan rings is 1. The monoisotopic (exact) mass is 348 g/mol. The highest BCUT2D eigenvalue weighted by Gasteiger charge is 2.43. The summed E-state index contributed by atoms with van der Waals surface area (Å²) < 4.78 is 5.87. The molecule has 0 spiro atoms. The molecule has 3 amide bonds. The first-order valence-corrected chi connectivity index (χ1v) is 9.10. The van der Waals surface area contributed by atoms with Crippen LogP contribution in [0.5, 0.6) is 0 Å². The zero-order valence-corrected chi connectivity index (χ0v) is 15.1. The van der Waals surface area contributed by atoms with E-state index in [1.165, 1.54) is 24.2 Å². The van der Waals surface area contributed by atoms with Crippen LogP contribution in [0.2, 0.25) is 0 Å². The molecule has 2 aliphatic heterocycles. The molecule has 3 heterocycles. The van der Waals surface area contributed by atoms with Gasteiger partial charge in [0.05, 0.1) is 13.1 Å². The van der Waals surface area contributed by atoms with Crippen LogP contribution in [-0.2, 0) is 17.9 Å². The second-order valence-corrected chi connectivity index (χ2v) is 7.39. The van der Waals surface area contributed by atoms with E-state index >= 15 is 0 Å². The van der Waals surface area contributed by atoms with Gasteiger partial charge in [0.2, 0.25) is 0 Å². The van der Waals surface area contributed by atoms with Crippen molar-refractivity contribution in [3.8, 4) is 0 Å². The number of carbonyl (C=O) groups excluding carboxylic acids is 2. The Morgan fingerprint density at radius 3 is 2.56 bits per heavy atom. The molecule has 7 heteroatoms. The summed E-state index contributed by atoms with van der Waals surface area (Å²) in [6, 6.07) is 3.70. The Kier molecular flexibility index (Phi) is 5.44. The van der Waals surface area contributed by atoms with Gasteiger partial charge in [0, 0.05) is 13.1 Å². The summed E-state index contributed by atoms with van der Waals surface area (Å²) in [5, 5.41) is 5.91. The van der Waals surface area contributed by atoms with E-state index in [0.717, 1.165) is 31.2 Å². The molecule has 2 saturated heterocycles. The lowest BCUT2D eigenvalue weighted by Gasteiger charge is -2.25. The average molecular weight is 348 g/mol. The van der Waals surface area contributed by atoms with Gasteiger partial charge >= 0.3 is 6.03 Å². The minimum Gasteiger partial charge on any atom is -0.463 e. The van der Waals surface area contributed by atoms with Crippen molar-refractivity contribution in [1.29, 1.82) is 0 Å². The van der Waals surface area contributed by atoms with Gasteiger partial charge in [0.1, 0.15) is 17.1 Å². The Bertz CT molecular complexity index is 620. The van der Waals surface area contributed by atoms with Crippen LogP contribution < -0.4 is 10.6 Å². The van der Waals surface area contributed by atoms with Gasteiger partial charge in [-0.1, -0.05) is 6.42 Å². The summed E-state index contributed by atoms with van der Waals surface area (Å²) in [7, 11) is 0. The summed E-state index contributed by atoms with van der Waals surface area (Å²) in [5.74, 6) is 1.69. The molecular formula is C18H28N4O3. The highest BCUT2D eigenvalue weighted by molar-refractivity contribution is 6.06. The van der Waals surface area contributed by atoms with E-state index in [1.54, 1.807) is 13.8 Å². The predicted molar refractivity (Wildman–Crippen MR) is 93.9 cm³/mol. The molecule has 0 radical (unpaired) electrons. The first-order valence-electron chi connectivity index (χ1n) is 9.10. The largest absolute Gasteiger partial charge is 0.463 e. The number of carbonyl (C=O) groups is 2. The topological polar surface area (TPSA) is 77.8 Å². The van der Waals surface area contributed by atoms with Gasteiger partial charge in [-0.15, -0.1) is 0 Å². The lowest BCUT2D eigenvalue weighted by Crippen LogP contribution is -2.41. The number of hydrogen-bond donors (Lipinski definition) is 2. The van der Waals surface area contributed by atoms with E-state index < -0.39 is 5.54 Å². The SMILES string of the molecule is CC1(C)NC(=O)N(CCNCc2ccc(CN3CCCCC3)o2)C1=O. The van der Waals surface area contributed by atoms with Crippen LogP contribution in [0, 0.1) is 0 Å². The minimum absolute atomic E-state index is 0.180. The molecule has 1 aromatic rings. The van der Waals surface area contributed by atoms with E-state index in [1.807, 2.05) is 12.1 Å². The van der Waals surface area contributed by atoms with Crippen LogP contribution in [0.1, 0.15) is 44.6 Å². The lowest BCUT2D eigenvalue weighted by atomic mass is 10.1. The summed E-state index contributed by atoms with van der Waals surface area (Å²) in [6.45, 7) is 8.09. The average Bonchev–Trinajstić information content (AvgIpc) is 3.09. The molecule has 0 saturated carbocycles. The Balaban J connectivity index is 1.39. The van der Waals surface area contributed by atoms with Crippen molar-refractivity contribution in [2.75, 3.05) is 26.2 Å². The predicted octanol–water partition coefficient (Wildman–Crippen LogP) is 1.69. The standard InChI is InChI=1S/C18H28N4O3/c1-18(2)16(23)22(17(24)20-18)11-8-19-12-14-6-7-15(25-14)13-21-9-4-3-5-10-21/h6-7,19H,3-5,8-13H2,1-2H3,(H,20,24). The molecule has 25 heavy (non-hydrogen) atoms. The Hall–Kier alpha value is -1.86. The van der Waals surface area contributed by atoms with Crippen molar-refractivity contribution in [1.82, 2.24) is 20.4 Å². The molecule has 0 bridgehead atoms. The highest BCUT2D eigenvalue weighted by atomic mass is 16.3. The molecule has 0 atom stereocenters. The first kappa shape index (κ1) is 17.9. The number of piperidine rings is 1. The highest BCUT2D eigenvalue weighted by Crippen LogP contribution is 2.16. The number of imide groups is 1. The number of nitrogens with zero attached hydrogens (tertiary/aromatic N) is 2. The van der Waals surface area contributed by atoms with Crippen LogP contribution in [0.15, 0.2) is 16.5 Å². The van der Waals surface area contributed by atoms with Crippen molar-refractivity contribution in [3.63, 3.8) is 0 Å². The second kappa shape index (κ2) is 7.58. The molecule has 1 aromatic heterocycles. The quantitative estimate of drug-likeness (QED) is 0.579. The van der Waals surface area contributed by atoms with Gasteiger partial charge in [-0.2, -0.15) is 0 Å². The van der Waals surface area contributed by atoms with Gasteiger partial charge in [-0.05, 0) is 51.9 Å². The fourth-order valence-electron chi connectivity index (χ4n) is 3.36. The van der Waals surface area contributed by atoms with Crippen molar-refractivity contribution >= 4 is 11.9 Å². The van der Waals surface area contributed by atoms with Gasteiger partial charge < -0.3 is 15.1 Å². The van der Waals surface area contributed by atoms with Crippen LogP contribution in [0.3, 0.4) is 0 Å². The summed E-state index contributed by atoms with van der Waals surface area (Å²) in [6.07, 6.45) is 3.88. The van der Waals surface area contributed by atoms with Gasteiger partial charge in [-0.25, -0.2) is 4.79 Å². The van der Waals surface area contributed by atoms with Gasteiger partial charge in [0.25, 0.3) is 5.91 Å². The van der Waals surface area contributed by atoms with E-state index in [0.29, 0.717) is 19.6 Å². The zero-order valence-electron chi connectivity index (χ0n) is 15.1. The molecule has 0 aliphatic carbocycles. The Labute approximate surface area is 148 Å². The van der Waals surface area contributed by atoms with E-state index in [9.17, 15) is 9.59 Å². The minimum atomic E-state index is -0.804. The van der Waals surface area contributed by atoms with Crippen LogP contribution in [0.25, 0.3) is 0 Å². The van der Waals surface area contributed by atoms with E-state index in [-0.39, 0.29) is 11.9 Å². The number of nitrogens with one attached hydrogen (secondary N) is 2. The van der Waals surface area contributed by atoms with Crippen molar-refractivity contribution in [3.05, 3.63) is 23.7 Å². The molecule has 2 aliphatic rings. The summed E-state index contributed by atoms with van der Waals surface area (Å²) in [4.78, 5) is 27.6. The van der Waals surface area contributed by atoms with Crippen LogP contribution >= 0.6 is 0 Å². The third-order valence-electron chi connectivity index (χ3n) is 4.80. The van der Waals surface area contributed by atoms with Crippen molar-refractivity contribution in [2.24, 2.45) is 0 Å². The number of likely N-dealkylation sites (tertiary alicyclic amines) is 1. The van der Waals surface area contributed by atoms with Crippen molar-refractivity contribution < 1.29 is 14.0 Å². The molecule has 138 valence electrons. The molecule has 7 nitrogen and oxygen atoms in total. The summed E-state index contributed by atoms with van der Waals surface area (Å²) in [5.41, 5.74) is -0.804. The third kappa shape index (κ3) is 4.41. The lowest BCUT2D eigenvalue weighted by molar-refractivity contribution is -0.130. The fourth-order valence-corrected chi connectivity index (χ4v) is 3.36. The Morgan fingerprint density at radius 1 is 1.16 bits per heavy atom. The zero-order chi connectivity index (χ0) is 17.9. The van der Waals surface area contributed by atoms with E-state index in [2.05, 4.69) is 15.5 Å². The number of amides is 3. The number of rotatable bonds is 7. The summed E-state index contributed by atoms with van der Waals surface area (Å²) >= 11 is 0. The Morgan fingerprint density at radius 2 is 1.88 bits per heavy atom. The number of hydrogen-bond acceptors (Lipinski definition) is 5. The maximum Gasteiger partial charge on any atom is 0.325 e. The van der Waals surface area contributed by atoms with Crippen molar-refractivity contribution in [2.45, 2.75) is 51.7 Å².